The topological polar surface area (TPSA) is 84.7 Å². The van der Waals surface area contributed by atoms with Gasteiger partial charge in [0.05, 0.1) is 0 Å². The normalized spacial score (nSPS) is 21.6. The highest BCUT2D eigenvalue weighted by atomic mass is 16.5. The van der Waals surface area contributed by atoms with Crippen LogP contribution in [-0.4, -0.2) is 48.1 Å². The second kappa shape index (κ2) is 10.0. The number of likely N-dealkylation sites (tertiary alicyclic amines) is 1. The number of amides is 2. The van der Waals surface area contributed by atoms with Crippen LogP contribution in [0.15, 0.2) is 40.9 Å². The summed E-state index contributed by atoms with van der Waals surface area (Å²) >= 11 is 0. The van der Waals surface area contributed by atoms with E-state index in [1.54, 1.807) is 0 Å². The van der Waals surface area contributed by atoms with Crippen molar-refractivity contribution in [2.75, 3.05) is 26.2 Å². The number of aromatic nitrogens is 1. The minimum absolute atomic E-state index is 0.0126. The summed E-state index contributed by atoms with van der Waals surface area (Å²) < 4.78 is 11.3. The number of fused-ring (bicyclic) bond motifs is 2. The lowest BCUT2D eigenvalue weighted by Gasteiger charge is -2.41. The number of carbonyl (C=O) groups is 2. The predicted octanol–water partition coefficient (Wildman–Crippen LogP) is 3.86. The number of carbonyl (C=O) groups excluding carboxylic acids is 2. The molecule has 1 aromatic heterocycles. The summed E-state index contributed by atoms with van der Waals surface area (Å²) in [7, 11) is 0. The van der Waals surface area contributed by atoms with Crippen molar-refractivity contribution in [1.82, 2.24) is 15.4 Å². The van der Waals surface area contributed by atoms with Crippen LogP contribution >= 0.6 is 0 Å². The van der Waals surface area contributed by atoms with E-state index in [-0.39, 0.29) is 23.8 Å². The molecule has 1 spiro atoms. The Kier molecular flexibility index (Phi) is 6.70. The fourth-order valence-electron chi connectivity index (χ4n) is 5.35. The average Bonchev–Trinajstić information content (AvgIpc) is 3.12. The molecule has 1 aliphatic carbocycles. The first kappa shape index (κ1) is 22.7. The number of hydrogen-bond donors (Lipinski definition) is 1. The molecule has 0 bridgehead atoms. The number of benzene rings is 1. The van der Waals surface area contributed by atoms with Crippen LogP contribution in [0.25, 0.3) is 0 Å². The highest BCUT2D eigenvalue weighted by molar-refractivity contribution is 5.94. The first-order valence-electron chi connectivity index (χ1n) is 12.5. The van der Waals surface area contributed by atoms with E-state index in [1.165, 1.54) is 6.42 Å². The molecule has 0 atom stereocenters. The number of nitrogens with zero attached hydrogens (tertiary/aromatic N) is 2. The summed E-state index contributed by atoms with van der Waals surface area (Å²) in [5.41, 5.74) is 2.54. The van der Waals surface area contributed by atoms with E-state index < -0.39 is 0 Å². The number of hydrogen-bond acceptors (Lipinski definition) is 5. The molecule has 5 rings (SSSR count). The second-order valence-electron chi connectivity index (χ2n) is 9.84. The Morgan fingerprint density at radius 2 is 1.88 bits per heavy atom. The Hall–Kier alpha value is -3.09. The van der Waals surface area contributed by atoms with Crippen molar-refractivity contribution in [2.24, 2.45) is 5.41 Å². The molecule has 7 heteroatoms. The molecule has 34 heavy (non-hydrogen) atoms. The third kappa shape index (κ3) is 4.88. The van der Waals surface area contributed by atoms with Gasteiger partial charge in [0.2, 0.25) is 0 Å². The minimum atomic E-state index is -0.109. The Morgan fingerprint density at radius 3 is 2.76 bits per heavy atom. The SMILES string of the molecule is O=C1COc2ccccc2C/C=C/CC2(CCN(C(=O)c3noc4c3CCCCC4)CC2)CN1. The lowest BCUT2D eigenvalue weighted by atomic mass is 9.75. The first-order valence-corrected chi connectivity index (χ1v) is 12.5. The quantitative estimate of drug-likeness (QED) is 0.513. The molecular weight excluding hydrogens is 430 g/mol. The third-order valence-electron chi connectivity index (χ3n) is 7.56. The van der Waals surface area contributed by atoms with Crippen LogP contribution in [-0.2, 0) is 24.1 Å². The van der Waals surface area contributed by atoms with Gasteiger partial charge in [0.25, 0.3) is 11.8 Å². The van der Waals surface area contributed by atoms with Gasteiger partial charge >= 0.3 is 0 Å². The Morgan fingerprint density at radius 1 is 1.06 bits per heavy atom. The summed E-state index contributed by atoms with van der Waals surface area (Å²) in [6, 6.07) is 7.86. The Balaban J connectivity index is 1.27. The molecule has 1 fully saturated rings. The van der Waals surface area contributed by atoms with Gasteiger partial charge in [-0.15, -0.1) is 0 Å². The average molecular weight is 464 g/mol. The fourth-order valence-corrected chi connectivity index (χ4v) is 5.35. The van der Waals surface area contributed by atoms with E-state index in [0.29, 0.717) is 25.3 Å². The van der Waals surface area contributed by atoms with Gasteiger partial charge in [-0.05, 0) is 62.0 Å². The summed E-state index contributed by atoms with van der Waals surface area (Å²) in [5, 5.41) is 7.25. The van der Waals surface area contributed by atoms with Gasteiger partial charge in [0, 0.05) is 31.6 Å². The maximum atomic E-state index is 13.3. The van der Waals surface area contributed by atoms with Crippen LogP contribution in [0.2, 0.25) is 0 Å². The van der Waals surface area contributed by atoms with Gasteiger partial charge < -0.3 is 19.5 Å². The van der Waals surface area contributed by atoms with Gasteiger partial charge in [0.1, 0.15) is 11.5 Å². The number of ether oxygens (including phenoxy) is 1. The maximum Gasteiger partial charge on any atom is 0.276 e. The van der Waals surface area contributed by atoms with Gasteiger partial charge in [-0.1, -0.05) is 41.9 Å². The number of aryl methyl sites for hydroxylation is 1. The largest absolute Gasteiger partial charge is 0.483 e. The second-order valence-corrected chi connectivity index (χ2v) is 9.84. The summed E-state index contributed by atoms with van der Waals surface area (Å²) in [6.07, 6.45) is 12.8. The van der Waals surface area contributed by atoms with E-state index in [0.717, 1.165) is 74.0 Å². The number of piperidine rings is 1. The highest BCUT2D eigenvalue weighted by Crippen LogP contribution is 2.36. The Bertz CT molecular complexity index is 1070. The lowest BCUT2D eigenvalue weighted by Crippen LogP contribution is -2.48. The van der Waals surface area contributed by atoms with Gasteiger partial charge in [-0.2, -0.15) is 0 Å². The van der Waals surface area contributed by atoms with E-state index in [4.69, 9.17) is 9.26 Å². The molecule has 2 amide bonds. The Labute approximate surface area is 200 Å². The van der Waals surface area contributed by atoms with E-state index >= 15 is 0 Å². The summed E-state index contributed by atoms with van der Waals surface area (Å²) in [4.78, 5) is 27.7. The molecule has 3 heterocycles. The zero-order valence-electron chi connectivity index (χ0n) is 19.7. The van der Waals surface area contributed by atoms with Gasteiger partial charge in [-0.3, -0.25) is 9.59 Å². The minimum Gasteiger partial charge on any atom is -0.483 e. The molecule has 0 unspecified atom stereocenters. The molecular formula is C27H33N3O4. The monoisotopic (exact) mass is 463 g/mol. The van der Waals surface area contributed by atoms with Crippen LogP contribution in [0.3, 0.4) is 0 Å². The van der Waals surface area contributed by atoms with E-state index in [2.05, 4.69) is 22.6 Å². The van der Waals surface area contributed by atoms with Gasteiger partial charge in [0.15, 0.2) is 12.3 Å². The molecule has 2 aromatic rings. The number of nitrogens with one attached hydrogen (secondary N) is 1. The van der Waals surface area contributed by atoms with Crippen molar-refractivity contribution in [3.63, 3.8) is 0 Å². The fraction of sp³-hybridized carbons (Fsp3) is 0.519. The first-order chi connectivity index (χ1) is 16.6. The van der Waals surface area contributed by atoms with Crippen molar-refractivity contribution in [2.45, 2.75) is 57.8 Å². The molecule has 1 saturated heterocycles. The van der Waals surface area contributed by atoms with Crippen molar-refractivity contribution in [3.05, 3.63) is 59.0 Å². The predicted molar refractivity (Wildman–Crippen MR) is 128 cm³/mol. The summed E-state index contributed by atoms with van der Waals surface area (Å²) in [6.45, 7) is 1.91. The molecule has 7 nitrogen and oxygen atoms in total. The highest BCUT2D eigenvalue weighted by Gasteiger charge is 2.37. The number of rotatable bonds is 1. The molecule has 1 N–H and O–H groups in total. The van der Waals surface area contributed by atoms with Crippen molar-refractivity contribution in [3.8, 4) is 5.75 Å². The molecule has 2 aliphatic heterocycles. The van der Waals surface area contributed by atoms with E-state index in [9.17, 15) is 9.59 Å². The van der Waals surface area contributed by atoms with Crippen molar-refractivity contribution >= 4 is 11.8 Å². The van der Waals surface area contributed by atoms with Crippen LogP contribution in [0.1, 0.15) is 65.9 Å². The molecule has 0 saturated carbocycles. The van der Waals surface area contributed by atoms with Crippen molar-refractivity contribution < 1.29 is 18.8 Å². The zero-order valence-corrected chi connectivity index (χ0v) is 19.7. The van der Waals surface area contributed by atoms with Crippen LogP contribution < -0.4 is 10.1 Å². The van der Waals surface area contributed by atoms with Crippen LogP contribution in [0.5, 0.6) is 5.75 Å². The van der Waals surface area contributed by atoms with Gasteiger partial charge in [-0.25, -0.2) is 0 Å². The van der Waals surface area contributed by atoms with Crippen LogP contribution in [0.4, 0.5) is 0 Å². The smallest absolute Gasteiger partial charge is 0.276 e. The molecule has 1 aromatic carbocycles. The zero-order chi connectivity index (χ0) is 23.4. The molecule has 0 radical (unpaired) electrons. The number of para-hydroxylation sites is 1. The maximum absolute atomic E-state index is 13.3. The standard InChI is InChI=1S/C27H33N3O4/c31-24-18-33-22-11-5-4-8-20(22)9-6-7-13-27(19-28-24)14-16-30(17-15-27)26(32)25-21-10-2-1-3-12-23(21)34-29-25/h4-8,11H,1-3,9-10,12-19H2,(H,28,31)/b7-6+. The summed E-state index contributed by atoms with van der Waals surface area (Å²) in [5.74, 6) is 1.53. The van der Waals surface area contributed by atoms with E-state index in [1.807, 2.05) is 29.2 Å². The number of allylic oxidation sites excluding steroid dienone is 2. The molecule has 3 aliphatic rings. The lowest BCUT2D eigenvalue weighted by molar-refractivity contribution is -0.123. The molecule has 180 valence electrons. The van der Waals surface area contributed by atoms with Crippen molar-refractivity contribution in [1.29, 1.82) is 0 Å². The third-order valence-corrected chi connectivity index (χ3v) is 7.56. The van der Waals surface area contributed by atoms with Crippen LogP contribution in [0, 0.1) is 5.41 Å².